The van der Waals surface area contributed by atoms with Gasteiger partial charge in [-0.25, -0.2) is 5.43 Å². The van der Waals surface area contributed by atoms with E-state index >= 15 is 0 Å². The SMILES string of the molecule is O=C(N/N=C\c1cn(Cc2ccc(Cl)cc2)c2ccccc12)c1ccco1. The Labute approximate surface area is 160 Å². The number of hydrogen-bond donors (Lipinski definition) is 1. The second kappa shape index (κ2) is 7.51. The summed E-state index contributed by atoms with van der Waals surface area (Å²) in [5.41, 5.74) is 5.63. The Bertz CT molecular complexity index is 1100. The Balaban J connectivity index is 1.58. The van der Waals surface area contributed by atoms with Gasteiger partial charge in [-0.15, -0.1) is 0 Å². The highest BCUT2D eigenvalue weighted by molar-refractivity contribution is 6.30. The lowest BCUT2D eigenvalue weighted by molar-refractivity contribution is 0.0927. The van der Waals surface area contributed by atoms with Gasteiger partial charge in [0.05, 0.1) is 12.5 Å². The van der Waals surface area contributed by atoms with Crippen LogP contribution >= 0.6 is 11.6 Å². The first-order valence-corrected chi connectivity index (χ1v) is 8.78. The molecule has 27 heavy (non-hydrogen) atoms. The van der Waals surface area contributed by atoms with Crippen molar-refractivity contribution in [1.82, 2.24) is 9.99 Å². The van der Waals surface area contributed by atoms with E-state index in [1.807, 2.05) is 48.7 Å². The quantitative estimate of drug-likeness (QED) is 0.405. The number of carbonyl (C=O) groups is 1. The molecule has 2 aromatic heterocycles. The third-order valence-corrected chi connectivity index (χ3v) is 4.45. The van der Waals surface area contributed by atoms with Crippen LogP contribution in [0.25, 0.3) is 10.9 Å². The lowest BCUT2D eigenvalue weighted by Gasteiger charge is -2.05. The summed E-state index contributed by atoms with van der Waals surface area (Å²) in [5, 5.41) is 5.84. The number of nitrogens with zero attached hydrogens (tertiary/aromatic N) is 2. The number of carbonyl (C=O) groups excluding carboxylic acids is 1. The Kier molecular flexibility index (Phi) is 4.77. The van der Waals surface area contributed by atoms with Gasteiger partial charge in [0.25, 0.3) is 0 Å². The molecule has 0 aliphatic rings. The topological polar surface area (TPSA) is 59.5 Å². The summed E-state index contributed by atoms with van der Waals surface area (Å²) in [6.07, 6.45) is 5.10. The number of rotatable bonds is 5. The first-order chi connectivity index (χ1) is 13.2. The molecule has 0 bridgehead atoms. The molecule has 0 atom stereocenters. The van der Waals surface area contributed by atoms with Gasteiger partial charge >= 0.3 is 5.91 Å². The van der Waals surface area contributed by atoms with Crippen LogP contribution in [0.4, 0.5) is 0 Å². The number of hydrazone groups is 1. The normalized spacial score (nSPS) is 11.3. The van der Waals surface area contributed by atoms with Crippen LogP contribution in [0.2, 0.25) is 5.02 Å². The van der Waals surface area contributed by atoms with E-state index in [1.54, 1.807) is 18.3 Å². The van der Waals surface area contributed by atoms with Gasteiger partial charge in [-0.1, -0.05) is 41.9 Å². The smallest absolute Gasteiger partial charge is 0.307 e. The Morgan fingerprint density at radius 3 is 2.70 bits per heavy atom. The maximum atomic E-state index is 11.9. The van der Waals surface area contributed by atoms with Crippen molar-refractivity contribution in [3.8, 4) is 0 Å². The maximum absolute atomic E-state index is 11.9. The molecule has 0 unspecified atom stereocenters. The number of fused-ring (bicyclic) bond motifs is 1. The molecule has 6 heteroatoms. The molecule has 0 spiro atoms. The van der Waals surface area contributed by atoms with Gasteiger partial charge in [0.15, 0.2) is 5.76 Å². The summed E-state index contributed by atoms with van der Waals surface area (Å²) in [6.45, 7) is 0.713. The van der Waals surface area contributed by atoms with Gasteiger partial charge in [-0.2, -0.15) is 5.10 Å². The van der Waals surface area contributed by atoms with Crippen LogP contribution in [0, 0.1) is 0 Å². The molecule has 0 aliphatic heterocycles. The van der Waals surface area contributed by atoms with Gasteiger partial charge in [-0.3, -0.25) is 4.79 Å². The zero-order valence-corrected chi connectivity index (χ0v) is 15.1. The van der Waals surface area contributed by atoms with E-state index in [9.17, 15) is 4.79 Å². The van der Waals surface area contributed by atoms with Crippen molar-refractivity contribution in [2.24, 2.45) is 5.10 Å². The molecule has 134 valence electrons. The minimum Gasteiger partial charge on any atom is -0.459 e. The third kappa shape index (κ3) is 3.78. The monoisotopic (exact) mass is 377 g/mol. The highest BCUT2D eigenvalue weighted by Gasteiger charge is 2.09. The summed E-state index contributed by atoms with van der Waals surface area (Å²) < 4.78 is 7.19. The van der Waals surface area contributed by atoms with Gasteiger partial charge in [0, 0.05) is 34.2 Å². The van der Waals surface area contributed by atoms with E-state index in [2.05, 4.69) is 21.2 Å². The van der Waals surface area contributed by atoms with Crippen molar-refractivity contribution in [2.75, 3.05) is 0 Å². The molecule has 4 rings (SSSR count). The zero-order valence-electron chi connectivity index (χ0n) is 14.3. The Morgan fingerprint density at radius 1 is 1.11 bits per heavy atom. The molecule has 0 radical (unpaired) electrons. The number of nitrogens with one attached hydrogen (secondary N) is 1. The van der Waals surface area contributed by atoms with Crippen molar-refractivity contribution in [1.29, 1.82) is 0 Å². The standard InChI is InChI=1S/C21H16ClN3O2/c22-17-9-7-15(8-10-17)13-25-14-16(18-4-1-2-5-19(18)25)12-23-24-21(26)20-6-3-11-27-20/h1-12,14H,13H2,(H,24,26)/b23-12-. The van der Waals surface area contributed by atoms with Crippen LogP contribution < -0.4 is 5.43 Å². The summed E-state index contributed by atoms with van der Waals surface area (Å²) in [4.78, 5) is 11.9. The number of para-hydroxylation sites is 1. The van der Waals surface area contributed by atoms with E-state index in [0.29, 0.717) is 6.54 Å². The average molecular weight is 378 g/mol. The lowest BCUT2D eigenvalue weighted by Crippen LogP contribution is -2.16. The fraction of sp³-hybridized carbons (Fsp3) is 0.0476. The summed E-state index contributed by atoms with van der Waals surface area (Å²) in [7, 11) is 0. The molecule has 5 nitrogen and oxygen atoms in total. The molecule has 0 fully saturated rings. The van der Waals surface area contributed by atoms with Crippen LogP contribution in [0.5, 0.6) is 0 Å². The first-order valence-electron chi connectivity index (χ1n) is 8.40. The number of amides is 1. The molecular weight excluding hydrogens is 362 g/mol. The molecule has 2 aromatic carbocycles. The van der Waals surface area contributed by atoms with Crippen LogP contribution in [-0.4, -0.2) is 16.7 Å². The summed E-state index contributed by atoms with van der Waals surface area (Å²) in [5.74, 6) is -0.168. The second-order valence-corrected chi connectivity index (χ2v) is 6.47. The highest BCUT2D eigenvalue weighted by Crippen LogP contribution is 2.21. The van der Waals surface area contributed by atoms with Crippen LogP contribution in [0.1, 0.15) is 21.7 Å². The second-order valence-electron chi connectivity index (χ2n) is 6.03. The summed E-state index contributed by atoms with van der Waals surface area (Å²) in [6, 6.07) is 19.1. The molecule has 4 aromatic rings. The van der Waals surface area contributed by atoms with E-state index in [1.165, 1.54) is 6.26 Å². The predicted molar refractivity (Wildman–Crippen MR) is 106 cm³/mol. The van der Waals surface area contributed by atoms with E-state index in [-0.39, 0.29) is 11.7 Å². The zero-order chi connectivity index (χ0) is 18.6. The van der Waals surface area contributed by atoms with Gasteiger partial charge in [-0.05, 0) is 35.9 Å². The fourth-order valence-corrected chi connectivity index (χ4v) is 3.04. The Morgan fingerprint density at radius 2 is 1.93 bits per heavy atom. The van der Waals surface area contributed by atoms with E-state index in [4.69, 9.17) is 16.0 Å². The van der Waals surface area contributed by atoms with E-state index < -0.39 is 0 Å². The molecule has 0 saturated carbocycles. The van der Waals surface area contributed by atoms with Gasteiger partial charge in [0.1, 0.15) is 0 Å². The van der Waals surface area contributed by atoms with Gasteiger partial charge in [0.2, 0.25) is 0 Å². The fourth-order valence-electron chi connectivity index (χ4n) is 2.92. The largest absolute Gasteiger partial charge is 0.459 e. The number of hydrogen-bond acceptors (Lipinski definition) is 3. The third-order valence-electron chi connectivity index (χ3n) is 4.20. The van der Waals surface area contributed by atoms with Crippen molar-refractivity contribution in [2.45, 2.75) is 6.54 Å². The molecule has 1 N–H and O–H groups in total. The number of benzene rings is 2. The number of aromatic nitrogens is 1. The Hall–Kier alpha value is -3.31. The van der Waals surface area contributed by atoms with Crippen LogP contribution in [-0.2, 0) is 6.54 Å². The van der Waals surface area contributed by atoms with Crippen molar-refractivity contribution in [3.63, 3.8) is 0 Å². The lowest BCUT2D eigenvalue weighted by atomic mass is 10.2. The van der Waals surface area contributed by atoms with Crippen molar-refractivity contribution >= 4 is 34.6 Å². The minimum atomic E-state index is -0.388. The first kappa shape index (κ1) is 17.1. The molecule has 1 amide bonds. The molecule has 0 saturated heterocycles. The average Bonchev–Trinajstić information content (AvgIpc) is 3.33. The minimum absolute atomic E-state index is 0.220. The summed E-state index contributed by atoms with van der Waals surface area (Å²) >= 11 is 5.97. The van der Waals surface area contributed by atoms with Crippen molar-refractivity contribution < 1.29 is 9.21 Å². The van der Waals surface area contributed by atoms with Gasteiger partial charge < -0.3 is 8.98 Å². The highest BCUT2D eigenvalue weighted by atomic mass is 35.5. The maximum Gasteiger partial charge on any atom is 0.307 e. The molecule has 0 aliphatic carbocycles. The van der Waals surface area contributed by atoms with Crippen LogP contribution in [0.15, 0.2) is 82.6 Å². The van der Waals surface area contributed by atoms with E-state index in [0.717, 1.165) is 27.1 Å². The number of halogens is 1. The molecule has 2 heterocycles. The predicted octanol–water partition coefficient (Wildman–Crippen LogP) is 4.70. The van der Waals surface area contributed by atoms with Crippen molar-refractivity contribution in [3.05, 3.63) is 95.0 Å². The molecular formula is C21H16ClN3O2. The van der Waals surface area contributed by atoms with Crippen LogP contribution in [0.3, 0.4) is 0 Å². The number of furan rings is 1.